The number of benzene rings is 1. The van der Waals surface area contributed by atoms with Crippen LogP contribution in [-0.4, -0.2) is 23.5 Å². The minimum Gasteiger partial charge on any atom is -0.481 e. The Morgan fingerprint density at radius 3 is 2.43 bits per heavy atom. The van der Waals surface area contributed by atoms with Crippen LogP contribution in [0.15, 0.2) is 24.3 Å². The first kappa shape index (κ1) is 12.9. The van der Waals surface area contributed by atoms with Crippen LogP contribution in [0.1, 0.15) is 44.1 Å². The molecule has 0 aromatic heterocycles. The van der Waals surface area contributed by atoms with Crippen LogP contribution in [0.3, 0.4) is 0 Å². The second-order valence-corrected chi connectivity index (χ2v) is 6.89. The van der Waals surface area contributed by atoms with E-state index >= 15 is 0 Å². The predicted octanol–water partition coefficient (Wildman–Crippen LogP) is 2.71. The predicted molar refractivity (Wildman–Crippen MR) is 78.2 cm³/mol. The number of hydrogen-bond acceptors (Lipinski definition) is 2. The number of para-hydroxylation sites is 1. The van der Waals surface area contributed by atoms with E-state index in [2.05, 4.69) is 6.07 Å². The molecule has 110 valence electrons. The van der Waals surface area contributed by atoms with Gasteiger partial charge >= 0.3 is 5.97 Å². The lowest BCUT2D eigenvalue weighted by Crippen LogP contribution is -2.44. The van der Waals surface area contributed by atoms with Gasteiger partial charge in [0.05, 0.1) is 5.41 Å². The van der Waals surface area contributed by atoms with Gasteiger partial charge in [-0.1, -0.05) is 24.6 Å². The van der Waals surface area contributed by atoms with Crippen molar-refractivity contribution in [2.75, 3.05) is 11.4 Å². The Kier molecular flexibility index (Phi) is 2.51. The van der Waals surface area contributed by atoms with Crippen molar-refractivity contribution in [3.05, 3.63) is 29.8 Å². The molecule has 21 heavy (non-hydrogen) atoms. The third kappa shape index (κ3) is 1.74. The van der Waals surface area contributed by atoms with Gasteiger partial charge in [0.25, 0.3) is 0 Å². The number of rotatable bonds is 3. The van der Waals surface area contributed by atoms with E-state index in [1.807, 2.05) is 23.1 Å². The molecule has 1 aliphatic heterocycles. The molecule has 1 N–H and O–H groups in total. The Morgan fingerprint density at radius 2 is 1.86 bits per heavy atom. The smallest absolute Gasteiger partial charge is 0.310 e. The summed E-state index contributed by atoms with van der Waals surface area (Å²) in [5, 5.41) is 9.41. The largest absolute Gasteiger partial charge is 0.481 e. The first-order valence-electron chi connectivity index (χ1n) is 7.70. The fourth-order valence-electron chi connectivity index (χ4n) is 3.89. The monoisotopic (exact) mass is 285 g/mol. The number of carbonyl (C=O) groups excluding carboxylic acids is 1. The maximum absolute atomic E-state index is 12.7. The van der Waals surface area contributed by atoms with E-state index in [4.69, 9.17) is 0 Å². The summed E-state index contributed by atoms with van der Waals surface area (Å²) >= 11 is 0. The third-order valence-corrected chi connectivity index (χ3v) is 5.64. The van der Waals surface area contributed by atoms with E-state index in [1.165, 1.54) is 5.56 Å². The van der Waals surface area contributed by atoms with E-state index in [0.717, 1.165) is 31.5 Å². The number of aliphatic carboxylic acids is 1. The van der Waals surface area contributed by atoms with Crippen molar-refractivity contribution in [2.24, 2.45) is 5.41 Å². The van der Waals surface area contributed by atoms with Gasteiger partial charge in [0.15, 0.2) is 0 Å². The number of amides is 1. The van der Waals surface area contributed by atoms with Crippen LogP contribution in [0, 0.1) is 5.41 Å². The zero-order chi connectivity index (χ0) is 14.7. The van der Waals surface area contributed by atoms with Gasteiger partial charge in [0.2, 0.25) is 5.91 Å². The molecule has 2 aliphatic carbocycles. The van der Waals surface area contributed by atoms with E-state index in [9.17, 15) is 14.7 Å². The van der Waals surface area contributed by atoms with Crippen LogP contribution < -0.4 is 4.90 Å². The summed E-state index contributed by atoms with van der Waals surface area (Å²) in [4.78, 5) is 26.0. The Bertz CT molecular complexity index is 629. The normalized spacial score (nSPS) is 23.5. The Labute approximate surface area is 123 Å². The molecule has 0 radical (unpaired) electrons. The molecular formula is C17H19NO3. The minimum atomic E-state index is -0.810. The molecule has 1 aromatic carbocycles. The Hall–Kier alpha value is -1.84. The number of anilines is 1. The lowest BCUT2D eigenvalue weighted by atomic mass is 9.66. The highest BCUT2D eigenvalue weighted by molar-refractivity contribution is 5.99. The Balaban J connectivity index is 1.60. The summed E-state index contributed by atoms with van der Waals surface area (Å²) in [6, 6.07) is 8.09. The van der Waals surface area contributed by atoms with Crippen LogP contribution >= 0.6 is 0 Å². The molecule has 0 atom stereocenters. The number of carboxylic acid groups (broad SMARTS) is 1. The second-order valence-electron chi connectivity index (χ2n) is 6.89. The summed E-state index contributed by atoms with van der Waals surface area (Å²) < 4.78 is 0. The van der Waals surface area contributed by atoms with Crippen molar-refractivity contribution in [1.29, 1.82) is 0 Å². The molecule has 1 spiro atoms. The van der Waals surface area contributed by atoms with Crippen LogP contribution in [0.5, 0.6) is 0 Å². The summed E-state index contributed by atoms with van der Waals surface area (Å²) in [7, 11) is 0. The molecule has 1 amide bonds. The first-order valence-corrected chi connectivity index (χ1v) is 7.70. The van der Waals surface area contributed by atoms with Crippen molar-refractivity contribution in [2.45, 2.75) is 43.9 Å². The van der Waals surface area contributed by atoms with Crippen LogP contribution in [-0.2, 0) is 15.0 Å². The van der Waals surface area contributed by atoms with Gasteiger partial charge in [-0.15, -0.1) is 0 Å². The van der Waals surface area contributed by atoms with Gasteiger partial charge in [0, 0.05) is 24.1 Å². The van der Waals surface area contributed by atoms with Crippen LogP contribution in [0.4, 0.5) is 5.69 Å². The molecule has 2 fully saturated rings. The SMILES string of the molecule is O=C(CC1(C(=O)O)CCC1)N1CC2(CC2)c2ccccc21. The number of carbonyl (C=O) groups is 2. The van der Waals surface area contributed by atoms with E-state index < -0.39 is 11.4 Å². The first-order chi connectivity index (χ1) is 10.1. The average Bonchev–Trinajstić information content (AvgIpc) is 3.12. The molecular weight excluding hydrogens is 266 g/mol. The van der Waals surface area contributed by atoms with Gasteiger partial charge in [-0.3, -0.25) is 9.59 Å². The highest BCUT2D eigenvalue weighted by atomic mass is 16.4. The van der Waals surface area contributed by atoms with Gasteiger partial charge in [-0.2, -0.15) is 0 Å². The average molecular weight is 285 g/mol. The minimum absolute atomic E-state index is 0.0201. The molecule has 4 heteroatoms. The molecule has 1 heterocycles. The number of fused-ring (bicyclic) bond motifs is 2. The lowest BCUT2D eigenvalue weighted by Gasteiger charge is -2.38. The highest BCUT2D eigenvalue weighted by Crippen LogP contribution is 2.57. The van der Waals surface area contributed by atoms with E-state index in [-0.39, 0.29) is 17.7 Å². The summed E-state index contributed by atoms with van der Waals surface area (Å²) in [5.41, 5.74) is 1.64. The van der Waals surface area contributed by atoms with Gasteiger partial charge < -0.3 is 10.0 Å². The summed E-state index contributed by atoms with van der Waals surface area (Å²) in [6.07, 6.45) is 4.60. The van der Waals surface area contributed by atoms with Crippen molar-refractivity contribution in [1.82, 2.24) is 0 Å². The standard InChI is InChI=1S/C17H19NO3/c19-14(10-16(15(20)21)6-3-7-16)18-11-17(8-9-17)12-4-1-2-5-13(12)18/h1-2,4-5H,3,6-11H2,(H,20,21). The molecule has 0 unspecified atom stereocenters. The molecule has 1 aromatic rings. The fourth-order valence-corrected chi connectivity index (χ4v) is 3.89. The van der Waals surface area contributed by atoms with Crippen molar-refractivity contribution in [3.63, 3.8) is 0 Å². The quantitative estimate of drug-likeness (QED) is 0.929. The summed E-state index contributed by atoms with van der Waals surface area (Å²) in [5.74, 6) is -0.830. The van der Waals surface area contributed by atoms with E-state index in [1.54, 1.807) is 0 Å². The molecule has 0 saturated heterocycles. The highest BCUT2D eigenvalue weighted by Gasteiger charge is 2.54. The van der Waals surface area contributed by atoms with Gasteiger partial charge in [0.1, 0.15) is 0 Å². The van der Waals surface area contributed by atoms with Crippen molar-refractivity contribution in [3.8, 4) is 0 Å². The molecule has 0 bridgehead atoms. The van der Waals surface area contributed by atoms with Crippen molar-refractivity contribution < 1.29 is 14.7 Å². The maximum atomic E-state index is 12.7. The molecule has 4 rings (SSSR count). The van der Waals surface area contributed by atoms with Crippen LogP contribution in [0.25, 0.3) is 0 Å². The molecule has 4 nitrogen and oxygen atoms in total. The molecule has 3 aliphatic rings. The van der Waals surface area contributed by atoms with E-state index in [0.29, 0.717) is 12.8 Å². The number of hydrogen-bond donors (Lipinski definition) is 1. The molecule has 2 saturated carbocycles. The third-order valence-electron chi connectivity index (χ3n) is 5.64. The maximum Gasteiger partial charge on any atom is 0.310 e. The number of carboxylic acids is 1. The van der Waals surface area contributed by atoms with Crippen LogP contribution in [0.2, 0.25) is 0 Å². The Morgan fingerprint density at radius 1 is 1.14 bits per heavy atom. The topological polar surface area (TPSA) is 57.6 Å². The van der Waals surface area contributed by atoms with Crippen molar-refractivity contribution >= 4 is 17.6 Å². The second kappa shape index (κ2) is 4.09. The fraction of sp³-hybridized carbons (Fsp3) is 0.529. The lowest BCUT2D eigenvalue weighted by molar-refractivity contribution is -0.157. The zero-order valence-electron chi connectivity index (χ0n) is 12.0. The number of nitrogens with zero attached hydrogens (tertiary/aromatic N) is 1. The summed E-state index contributed by atoms with van der Waals surface area (Å²) in [6.45, 7) is 0.737. The van der Waals surface area contributed by atoms with Gasteiger partial charge in [-0.25, -0.2) is 0 Å². The zero-order valence-corrected chi connectivity index (χ0v) is 12.0. The van der Waals surface area contributed by atoms with Gasteiger partial charge in [-0.05, 0) is 37.3 Å².